The number of nitrogens with zero attached hydrogens (tertiary/aromatic N) is 3. The Balaban J connectivity index is 1.74. The summed E-state index contributed by atoms with van der Waals surface area (Å²) in [6, 6.07) is 18.5. The van der Waals surface area contributed by atoms with Crippen LogP contribution in [0.1, 0.15) is 30.7 Å². The van der Waals surface area contributed by atoms with Gasteiger partial charge in [0.25, 0.3) is 0 Å². The SMILES string of the molecule is N#CC(=Cc1ccccc1N1CCCCC1)c1nc2ccccc2[nH]1. The molecular weight excluding hydrogens is 308 g/mol. The molecule has 0 saturated carbocycles. The summed E-state index contributed by atoms with van der Waals surface area (Å²) in [4.78, 5) is 10.2. The number of nitriles is 1. The highest BCUT2D eigenvalue weighted by molar-refractivity contribution is 5.92. The van der Waals surface area contributed by atoms with E-state index in [0.29, 0.717) is 11.4 Å². The molecule has 4 heteroatoms. The molecule has 0 aliphatic carbocycles. The quantitative estimate of drug-likeness (QED) is 0.714. The lowest BCUT2D eigenvalue weighted by atomic mass is 10.0. The molecule has 2 heterocycles. The normalized spacial score (nSPS) is 15.3. The van der Waals surface area contributed by atoms with Crippen LogP contribution < -0.4 is 4.90 Å². The number of fused-ring (bicyclic) bond motifs is 1. The van der Waals surface area contributed by atoms with Crippen molar-refractivity contribution in [2.45, 2.75) is 19.3 Å². The Kier molecular flexibility index (Phi) is 4.22. The van der Waals surface area contributed by atoms with Crippen LogP contribution in [0.4, 0.5) is 5.69 Å². The number of aromatic nitrogens is 2. The molecule has 2 aromatic carbocycles. The van der Waals surface area contributed by atoms with Gasteiger partial charge in [-0.05, 0) is 49.1 Å². The number of benzene rings is 2. The van der Waals surface area contributed by atoms with E-state index in [1.807, 2.05) is 36.4 Å². The number of rotatable bonds is 3. The first-order valence-corrected chi connectivity index (χ1v) is 8.76. The van der Waals surface area contributed by atoms with Gasteiger partial charge >= 0.3 is 0 Å². The summed E-state index contributed by atoms with van der Waals surface area (Å²) in [5, 5.41) is 9.68. The summed E-state index contributed by atoms with van der Waals surface area (Å²) in [7, 11) is 0. The number of H-pyrrole nitrogens is 1. The predicted molar refractivity (Wildman–Crippen MR) is 102 cm³/mol. The minimum absolute atomic E-state index is 0.556. The zero-order valence-electron chi connectivity index (χ0n) is 14.1. The highest BCUT2D eigenvalue weighted by Crippen LogP contribution is 2.28. The van der Waals surface area contributed by atoms with E-state index in [2.05, 4.69) is 39.1 Å². The lowest BCUT2D eigenvalue weighted by Gasteiger charge is -2.30. The Morgan fingerprint density at radius 1 is 1.04 bits per heavy atom. The van der Waals surface area contributed by atoms with Crippen LogP contribution >= 0.6 is 0 Å². The number of para-hydroxylation sites is 3. The molecule has 1 fully saturated rings. The second-order valence-electron chi connectivity index (χ2n) is 6.38. The van der Waals surface area contributed by atoms with E-state index >= 15 is 0 Å². The number of hydrogen-bond acceptors (Lipinski definition) is 3. The number of imidazole rings is 1. The molecule has 124 valence electrons. The molecule has 0 unspecified atom stereocenters. The lowest BCUT2D eigenvalue weighted by Crippen LogP contribution is -2.29. The van der Waals surface area contributed by atoms with Gasteiger partial charge in [0.15, 0.2) is 0 Å². The lowest BCUT2D eigenvalue weighted by molar-refractivity contribution is 0.577. The maximum absolute atomic E-state index is 9.68. The van der Waals surface area contributed by atoms with Crippen molar-refractivity contribution < 1.29 is 0 Å². The first-order valence-electron chi connectivity index (χ1n) is 8.76. The first-order chi connectivity index (χ1) is 12.3. The number of piperidine rings is 1. The Morgan fingerprint density at radius 2 is 1.80 bits per heavy atom. The average Bonchev–Trinajstić information content (AvgIpc) is 3.11. The summed E-state index contributed by atoms with van der Waals surface area (Å²) >= 11 is 0. The third-order valence-electron chi connectivity index (χ3n) is 4.70. The Bertz CT molecular complexity index is 922. The van der Waals surface area contributed by atoms with Gasteiger partial charge in [-0.3, -0.25) is 0 Å². The van der Waals surface area contributed by atoms with Gasteiger partial charge in [-0.15, -0.1) is 0 Å². The van der Waals surface area contributed by atoms with Gasteiger partial charge in [0, 0.05) is 18.8 Å². The third kappa shape index (κ3) is 3.14. The molecule has 4 rings (SSSR count). The van der Waals surface area contributed by atoms with E-state index < -0.39 is 0 Å². The molecule has 0 atom stereocenters. The maximum Gasteiger partial charge on any atom is 0.149 e. The molecule has 0 spiro atoms. The van der Waals surface area contributed by atoms with Crippen LogP contribution in [-0.2, 0) is 0 Å². The Morgan fingerprint density at radius 3 is 2.60 bits per heavy atom. The van der Waals surface area contributed by atoms with E-state index in [4.69, 9.17) is 0 Å². The molecule has 4 nitrogen and oxygen atoms in total. The van der Waals surface area contributed by atoms with Crippen molar-refractivity contribution in [1.82, 2.24) is 9.97 Å². The molecule has 1 aliphatic rings. The molecule has 0 amide bonds. The van der Waals surface area contributed by atoms with Crippen molar-refractivity contribution in [2.75, 3.05) is 18.0 Å². The smallest absolute Gasteiger partial charge is 0.149 e. The summed E-state index contributed by atoms with van der Waals surface area (Å²) < 4.78 is 0. The molecule has 3 aromatic rings. The van der Waals surface area contributed by atoms with Crippen LogP contribution in [0.2, 0.25) is 0 Å². The van der Waals surface area contributed by atoms with Crippen molar-refractivity contribution in [3.8, 4) is 6.07 Å². The fraction of sp³-hybridized carbons (Fsp3) is 0.238. The fourth-order valence-corrected chi connectivity index (χ4v) is 3.42. The minimum atomic E-state index is 0.556. The standard InChI is InChI=1S/C21H20N4/c22-15-17(21-23-18-9-3-4-10-19(18)24-21)14-16-8-2-5-11-20(16)25-12-6-1-7-13-25/h2-5,8-11,14H,1,6-7,12-13H2,(H,23,24). The number of aromatic amines is 1. The van der Waals surface area contributed by atoms with Gasteiger partial charge in [-0.25, -0.2) is 4.98 Å². The van der Waals surface area contributed by atoms with Crippen molar-refractivity contribution >= 4 is 28.4 Å². The molecule has 0 bridgehead atoms. The fourth-order valence-electron chi connectivity index (χ4n) is 3.42. The van der Waals surface area contributed by atoms with Crippen molar-refractivity contribution in [3.63, 3.8) is 0 Å². The number of anilines is 1. The van der Waals surface area contributed by atoms with Crippen LogP contribution in [0, 0.1) is 11.3 Å². The second kappa shape index (κ2) is 6.82. The molecular formula is C21H20N4. The third-order valence-corrected chi connectivity index (χ3v) is 4.70. The topological polar surface area (TPSA) is 55.7 Å². The molecule has 1 aromatic heterocycles. The van der Waals surface area contributed by atoms with Crippen molar-refractivity contribution in [3.05, 3.63) is 59.9 Å². The number of allylic oxidation sites excluding steroid dienone is 1. The van der Waals surface area contributed by atoms with E-state index in [1.54, 1.807) is 0 Å². The van der Waals surface area contributed by atoms with Gasteiger partial charge in [-0.2, -0.15) is 5.26 Å². The van der Waals surface area contributed by atoms with Gasteiger partial charge in [0.05, 0.1) is 16.6 Å². The van der Waals surface area contributed by atoms with E-state index in [0.717, 1.165) is 29.7 Å². The highest BCUT2D eigenvalue weighted by atomic mass is 15.1. The summed E-state index contributed by atoms with van der Waals surface area (Å²) in [6.45, 7) is 2.16. The van der Waals surface area contributed by atoms with Crippen molar-refractivity contribution in [2.24, 2.45) is 0 Å². The van der Waals surface area contributed by atoms with Gasteiger partial charge < -0.3 is 9.88 Å². The molecule has 0 radical (unpaired) electrons. The van der Waals surface area contributed by atoms with E-state index in [9.17, 15) is 5.26 Å². The predicted octanol–water partition coefficient (Wildman–Crippen LogP) is 4.62. The molecule has 1 saturated heterocycles. The monoisotopic (exact) mass is 328 g/mol. The van der Waals surface area contributed by atoms with Crippen LogP contribution in [0.15, 0.2) is 48.5 Å². The second-order valence-corrected chi connectivity index (χ2v) is 6.38. The largest absolute Gasteiger partial charge is 0.371 e. The number of hydrogen-bond donors (Lipinski definition) is 1. The van der Waals surface area contributed by atoms with E-state index in [-0.39, 0.29) is 0 Å². The van der Waals surface area contributed by atoms with Gasteiger partial charge in [0.1, 0.15) is 11.9 Å². The van der Waals surface area contributed by atoms with E-state index in [1.165, 1.54) is 24.9 Å². The zero-order valence-corrected chi connectivity index (χ0v) is 14.1. The molecule has 25 heavy (non-hydrogen) atoms. The van der Waals surface area contributed by atoms with Crippen LogP contribution in [0.25, 0.3) is 22.7 Å². The highest BCUT2D eigenvalue weighted by Gasteiger charge is 2.14. The van der Waals surface area contributed by atoms with Crippen LogP contribution in [0.5, 0.6) is 0 Å². The van der Waals surface area contributed by atoms with Crippen LogP contribution in [0.3, 0.4) is 0 Å². The number of nitrogens with one attached hydrogen (secondary N) is 1. The maximum atomic E-state index is 9.68. The minimum Gasteiger partial charge on any atom is -0.371 e. The Labute approximate surface area is 147 Å². The zero-order chi connectivity index (χ0) is 17.1. The van der Waals surface area contributed by atoms with Gasteiger partial charge in [0.2, 0.25) is 0 Å². The first kappa shape index (κ1) is 15.5. The van der Waals surface area contributed by atoms with Crippen LogP contribution in [-0.4, -0.2) is 23.1 Å². The summed E-state index contributed by atoms with van der Waals surface area (Å²) in [5.74, 6) is 0.622. The van der Waals surface area contributed by atoms with Crippen molar-refractivity contribution in [1.29, 1.82) is 5.26 Å². The van der Waals surface area contributed by atoms with Gasteiger partial charge in [-0.1, -0.05) is 30.3 Å². The molecule has 1 N–H and O–H groups in total. The Hall–Kier alpha value is -3.06. The average molecular weight is 328 g/mol. The summed E-state index contributed by atoms with van der Waals surface area (Å²) in [6.07, 6.45) is 5.71. The summed E-state index contributed by atoms with van der Waals surface area (Å²) in [5.41, 5.74) is 4.65. The molecule has 1 aliphatic heterocycles.